The summed E-state index contributed by atoms with van der Waals surface area (Å²) in [5.41, 5.74) is 0. The molecular weight excluding hydrogens is 100 g/mol. The first-order chi connectivity index (χ1) is 3.66. The molecule has 0 bridgehead atoms. The minimum Gasteiger partial charge on any atom is -0.389 e. The zero-order valence-corrected chi connectivity index (χ0v) is 5.59. The van der Waals surface area contributed by atoms with Crippen LogP contribution < -0.4 is 0 Å². The monoisotopic (exact) mass is 114 g/mol. The first kappa shape index (κ1) is 7.70. The smallest absolute Gasteiger partial charge is 0.0720 e. The van der Waals surface area contributed by atoms with Crippen LogP contribution in [0.5, 0.6) is 0 Å². The summed E-state index contributed by atoms with van der Waals surface area (Å²) in [6.45, 7) is 7.62. The van der Waals surface area contributed by atoms with Crippen molar-refractivity contribution in [1.82, 2.24) is 0 Å². The topological polar surface area (TPSA) is 20.2 Å². The van der Waals surface area contributed by atoms with Crippen molar-refractivity contribution in [2.45, 2.75) is 26.4 Å². The molecule has 0 rings (SSSR count). The Morgan fingerprint density at radius 1 is 1.62 bits per heavy atom. The predicted molar refractivity (Wildman–Crippen MR) is 35.7 cm³/mol. The van der Waals surface area contributed by atoms with Crippen molar-refractivity contribution in [2.24, 2.45) is 5.92 Å². The summed E-state index contributed by atoms with van der Waals surface area (Å²) in [7, 11) is 0. The largest absolute Gasteiger partial charge is 0.389 e. The average Bonchev–Trinajstić information content (AvgIpc) is 1.65. The Morgan fingerprint density at radius 2 is 2.12 bits per heavy atom. The first-order valence-corrected chi connectivity index (χ1v) is 2.97. The van der Waals surface area contributed by atoms with Gasteiger partial charge >= 0.3 is 0 Å². The van der Waals surface area contributed by atoms with Crippen molar-refractivity contribution in [3.8, 4) is 0 Å². The van der Waals surface area contributed by atoms with Gasteiger partial charge in [0.25, 0.3) is 0 Å². The second kappa shape index (κ2) is 3.67. The Labute approximate surface area is 51.0 Å². The second-order valence-corrected chi connectivity index (χ2v) is 2.43. The highest BCUT2D eigenvalue weighted by Gasteiger charge is 1.99. The van der Waals surface area contributed by atoms with E-state index in [-0.39, 0.29) is 6.10 Å². The lowest BCUT2D eigenvalue weighted by atomic mass is 10.1. The van der Waals surface area contributed by atoms with Crippen LogP contribution in [-0.4, -0.2) is 11.2 Å². The minimum absolute atomic E-state index is 0.310. The van der Waals surface area contributed by atoms with E-state index in [2.05, 4.69) is 20.4 Å². The number of hydrogen-bond donors (Lipinski definition) is 1. The molecule has 0 aliphatic carbocycles. The molecule has 1 heteroatoms. The van der Waals surface area contributed by atoms with Gasteiger partial charge in [-0.05, 0) is 12.3 Å². The second-order valence-electron chi connectivity index (χ2n) is 2.43. The van der Waals surface area contributed by atoms with Crippen molar-refractivity contribution in [1.29, 1.82) is 0 Å². The molecule has 48 valence electrons. The molecule has 0 radical (unpaired) electrons. The van der Waals surface area contributed by atoms with Gasteiger partial charge in [-0.1, -0.05) is 19.9 Å². The van der Waals surface area contributed by atoms with E-state index in [0.717, 1.165) is 6.42 Å². The van der Waals surface area contributed by atoms with Gasteiger partial charge in [-0.2, -0.15) is 0 Å². The first-order valence-electron chi connectivity index (χ1n) is 2.97. The van der Waals surface area contributed by atoms with E-state index in [0.29, 0.717) is 5.92 Å². The molecule has 0 aromatic rings. The molecule has 1 atom stereocenters. The fraction of sp³-hybridized carbons (Fsp3) is 0.714. The lowest BCUT2D eigenvalue weighted by Crippen LogP contribution is -2.04. The third kappa shape index (κ3) is 3.88. The summed E-state index contributed by atoms with van der Waals surface area (Å²) in [5, 5.41) is 8.91. The van der Waals surface area contributed by atoms with Crippen molar-refractivity contribution < 1.29 is 5.11 Å². The zero-order valence-electron chi connectivity index (χ0n) is 5.59. The maximum absolute atomic E-state index is 8.91. The van der Waals surface area contributed by atoms with Gasteiger partial charge < -0.3 is 5.11 Å². The third-order valence-electron chi connectivity index (χ3n) is 0.985. The molecule has 1 nitrogen and oxygen atoms in total. The van der Waals surface area contributed by atoms with E-state index in [1.807, 2.05) is 0 Å². The fourth-order valence-corrected chi connectivity index (χ4v) is 0.579. The van der Waals surface area contributed by atoms with E-state index in [4.69, 9.17) is 5.11 Å². The molecule has 0 aromatic carbocycles. The minimum atomic E-state index is -0.310. The number of aliphatic hydroxyl groups is 1. The third-order valence-corrected chi connectivity index (χ3v) is 0.985. The number of aliphatic hydroxyl groups excluding tert-OH is 1. The molecular formula is C7H14O. The summed E-state index contributed by atoms with van der Waals surface area (Å²) in [5.74, 6) is 0.558. The molecule has 8 heavy (non-hydrogen) atoms. The molecule has 0 saturated carbocycles. The van der Waals surface area contributed by atoms with Gasteiger partial charge in [0.2, 0.25) is 0 Å². The molecule has 0 amide bonds. The van der Waals surface area contributed by atoms with Crippen LogP contribution in [0.15, 0.2) is 12.7 Å². The zero-order chi connectivity index (χ0) is 6.57. The molecule has 0 aliphatic heterocycles. The van der Waals surface area contributed by atoms with Crippen LogP contribution in [0.25, 0.3) is 0 Å². The van der Waals surface area contributed by atoms with Crippen molar-refractivity contribution in [3.63, 3.8) is 0 Å². The Balaban J connectivity index is 3.23. The van der Waals surface area contributed by atoms with Crippen LogP contribution in [0, 0.1) is 5.92 Å². The van der Waals surface area contributed by atoms with E-state index < -0.39 is 0 Å². The molecule has 0 unspecified atom stereocenters. The number of hydrogen-bond acceptors (Lipinski definition) is 1. The van der Waals surface area contributed by atoms with Crippen molar-refractivity contribution in [3.05, 3.63) is 12.7 Å². The molecule has 1 N–H and O–H groups in total. The van der Waals surface area contributed by atoms with Crippen LogP contribution in [0.2, 0.25) is 0 Å². The van der Waals surface area contributed by atoms with Crippen LogP contribution in [0.4, 0.5) is 0 Å². The standard InChI is InChI=1S/C7H14O/c1-4-7(8)5-6(2)3/h4,6-8H,1,5H2,2-3H3/t7-/m1/s1. The van der Waals surface area contributed by atoms with Gasteiger partial charge in [-0.25, -0.2) is 0 Å². The average molecular weight is 114 g/mol. The lowest BCUT2D eigenvalue weighted by molar-refractivity contribution is 0.195. The Bertz CT molecular complexity index is 66.8. The Morgan fingerprint density at radius 3 is 2.25 bits per heavy atom. The van der Waals surface area contributed by atoms with Crippen LogP contribution >= 0.6 is 0 Å². The van der Waals surface area contributed by atoms with Gasteiger partial charge in [-0.3, -0.25) is 0 Å². The fourth-order valence-electron chi connectivity index (χ4n) is 0.579. The van der Waals surface area contributed by atoms with E-state index in [9.17, 15) is 0 Å². The Hall–Kier alpha value is -0.300. The van der Waals surface area contributed by atoms with Crippen molar-refractivity contribution in [2.75, 3.05) is 0 Å². The summed E-state index contributed by atoms with van der Waals surface area (Å²) in [6, 6.07) is 0. The van der Waals surface area contributed by atoms with Gasteiger partial charge in [0, 0.05) is 0 Å². The highest BCUT2D eigenvalue weighted by Crippen LogP contribution is 2.03. The van der Waals surface area contributed by atoms with E-state index in [1.165, 1.54) is 0 Å². The van der Waals surface area contributed by atoms with Crippen LogP contribution in [-0.2, 0) is 0 Å². The predicted octanol–water partition coefficient (Wildman–Crippen LogP) is 1.58. The Kier molecular flexibility index (Phi) is 3.53. The number of rotatable bonds is 3. The summed E-state index contributed by atoms with van der Waals surface area (Å²) < 4.78 is 0. The summed E-state index contributed by atoms with van der Waals surface area (Å²) >= 11 is 0. The highest BCUT2D eigenvalue weighted by atomic mass is 16.3. The van der Waals surface area contributed by atoms with Gasteiger partial charge in [0.05, 0.1) is 6.10 Å². The normalized spacial score (nSPS) is 14.0. The van der Waals surface area contributed by atoms with E-state index >= 15 is 0 Å². The quantitative estimate of drug-likeness (QED) is 0.552. The summed E-state index contributed by atoms with van der Waals surface area (Å²) in [4.78, 5) is 0. The molecule has 0 heterocycles. The maximum Gasteiger partial charge on any atom is 0.0720 e. The molecule has 0 fully saturated rings. The molecule has 0 saturated heterocycles. The van der Waals surface area contributed by atoms with Crippen molar-refractivity contribution >= 4 is 0 Å². The molecule has 0 aliphatic rings. The van der Waals surface area contributed by atoms with E-state index in [1.54, 1.807) is 6.08 Å². The maximum atomic E-state index is 8.91. The summed E-state index contributed by atoms with van der Waals surface area (Å²) in [6.07, 6.45) is 2.08. The van der Waals surface area contributed by atoms with Crippen LogP contribution in [0.3, 0.4) is 0 Å². The van der Waals surface area contributed by atoms with Gasteiger partial charge in [-0.15, -0.1) is 6.58 Å². The van der Waals surface area contributed by atoms with Crippen LogP contribution in [0.1, 0.15) is 20.3 Å². The van der Waals surface area contributed by atoms with Gasteiger partial charge in [0.15, 0.2) is 0 Å². The highest BCUT2D eigenvalue weighted by molar-refractivity contribution is 4.78. The molecule has 0 aromatic heterocycles. The van der Waals surface area contributed by atoms with Gasteiger partial charge in [0.1, 0.15) is 0 Å². The molecule has 0 spiro atoms. The lowest BCUT2D eigenvalue weighted by Gasteiger charge is -2.06. The SMILES string of the molecule is C=C[C@@H](O)CC(C)C.